The Hall–Kier alpha value is -3.29. The monoisotopic (exact) mass is 466 g/mol. The van der Waals surface area contributed by atoms with Crippen LogP contribution in [0.4, 0.5) is 8.78 Å². The highest BCUT2D eigenvalue weighted by Crippen LogP contribution is 2.26. The fraction of sp³-hybridized carbons (Fsp3) is 0.296. The molecule has 1 aliphatic rings. The Morgan fingerprint density at radius 3 is 2.47 bits per heavy atom. The largest absolute Gasteiger partial charge is 0.492 e. The van der Waals surface area contributed by atoms with Crippen LogP contribution in [0.15, 0.2) is 66.7 Å². The molecule has 0 atom stereocenters. The smallest absolute Gasteiger partial charge is 0.254 e. The van der Waals surface area contributed by atoms with E-state index in [-0.39, 0.29) is 11.4 Å². The molecular weight excluding hydrogens is 438 g/mol. The number of morpholine rings is 1. The normalized spacial score (nSPS) is 14.1. The molecule has 0 saturated carbocycles. The van der Waals surface area contributed by atoms with E-state index in [9.17, 15) is 13.6 Å². The van der Waals surface area contributed by atoms with Crippen LogP contribution in [0.25, 0.3) is 11.1 Å². The number of nitrogens with zero attached hydrogens (tertiary/aromatic N) is 1. The van der Waals surface area contributed by atoms with Crippen molar-refractivity contribution in [1.82, 2.24) is 10.2 Å². The molecule has 34 heavy (non-hydrogen) atoms. The molecule has 0 bridgehead atoms. The average Bonchev–Trinajstić information content (AvgIpc) is 2.86. The van der Waals surface area contributed by atoms with Crippen LogP contribution in [-0.4, -0.2) is 56.8 Å². The lowest BCUT2D eigenvalue weighted by Crippen LogP contribution is -2.38. The highest BCUT2D eigenvalue weighted by molar-refractivity contribution is 5.94. The highest BCUT2D eigenvalue weighted by Gasteiger charge is 2.12. The molecule has 3 aromatic rings. The molecule has 7 heteroatoms. The number of ether oxygens (including phenoxy) is 2. The number of halogens is 2. The number of carbonyl (C=O) groups is 1. The lowest BCUT2D eigenvalue weighted by atomic mass is 10.0. The topological polar surface area (TPSA) is 50.8 Å². The van der Waals surface area contributed by atoms with Crippen LogP contribution in [0.1, 0.15) is 15.9 Å². The number of benzene rings is 3. The van der Waals surface area contributed by atoms with E-state index >= 15 is 0 Å². The standard InChI is InChI=1S/C27H28F2N2O3/c28-25-4-2-1-3-24(25)27(32)30-12-11-20-5-7-21(8-6-20)23-10-9-22(19-26(23)29)34-18-15-31-13-16-33-17-14-31/h1-10,19H,11-18H2,(H,30,32). The molecule has 1 fully saturated rings. The Bertz CT molecular complexity index is 1100. The van der Waals surface area contributed by atoms with Gasteiger partial charge in [0.25, 0.3) is 5.91 Å². The molecule has 4 rings (SSSR count). The van der Waals surface area contributed by atoms with Gasteiger partial charge in [-0.2, -0.15) is 0 Å². The molecule has 1 N–H and O–H groups in total. The van der Waals surface area contributed by atoms with Gasteiger partial charge in [-0.25, -0.2) is 8.78 Å². The summed E-state index contributed by atoms with van der Waals surface area (Å²) in [5.74, 6) is -0.811. The van der Waals surface area contributed by atoms with Crippen LogP contribution in [0.2, 0.25) is 0 Å². The first kappa shape index (κ1) is 23.9. The van der Waals surface area contributed by atoms with Crippen molar-refractivity contribution in [1.29, 1.82) is 0 Å². The minimum absolute atomic E-state index is 0.0295. The van der Waals surface area contributed by atoms with E-state index in [4.69, 9.17) is 9.47 Å². The van der Waals surface area contributed by atoms with Gasteiger partial charge < -0.3 is 14.8 Å². The second-order valence-corrected chi connectivity index (χ2v) is 8.13. The second-order valence-electron chi connectivity index (χ2n) is 8.13. The summed E-state index contributed by atoms with van der Waals surface area (Å²) in [4.78, 5) is 14.4. The zero-order chi connectivity index (χ0) is 23.8. The Labute approximate surface area is 198 Å². The van der Waals surface area contributed by atoms with Crippen molar-refractivity contribution in [2.75, 3.05) is 46.0 Å². The van der Waals surface area contributed by atoms with Crippen molar-refractivity contribution in [2.45, 2.75) is 6.42 Å². The van der Waals surface area contributed by atoms with E-state index < -0.39 is 11.7 Å². The molecule has 0 spiro atoms. The molecular formula is C27H28F2N2O3. The van der Waals surface area contributed by atoms with Gasteiger partial charge in [0.1, 0.15) is 24.0 Å². The van der Waals surface area contributed by atoms with Crippen molar-refractivity contribution in [3.63, 3.8) is 0 Å². The van der Waals surface area contributed by atoms with Gasteiger partial charge in [0, 0.05) is 37.8 Å². The summed E-state index contributed by atoms with van der Waals surface area (Å²) >= 11 is 0. The van der Waals surface area contributed by atoms with E-state index in [1.165, 1.54) is 18.2 Å². The molecule has 0 aliphatic carbocycles. The molecule has 1 amide bonds. The third-order valence-electron chi connectivity index (χ3n) is 5.80. The third kappa shape index (κ3) is 6.40. The summed E-state index contributed by atoms with van der Waals surface area (Å²) in [7, 11) is 0. The summed E-state index contributed by atoms with van der Waals surface area (Å²) in [6, 6.07) is 18.3. The SMILES string of the molecule is O=C(NCCc1ccc(-c2ccc(OCCN3CCOCC3)cc2F)cc1)c1ccccc1F. The molecule has 1 aliphatic heterocycles. The summed E-state index contributed by atoms with van der Waals surface area (Å²) < 4.78 is 39.5. The third-order valence-corrected chi connectivity index (χ3v) is 5.80. The Morgan fingerprint density at radius 2 is 1.74 bits per heavy atom. The number of hydrogen-bond donors (Lipinski definition) is 1. The van der Waals surface area contributed by atoms with Crippen LogP contribution in [0.5, 0.6) is 5.75 Å². The maximum atomic E-state index is 14.7. The number of carbonyl (C=O) groups excluding carboxylic acids is 1. The molecule has 1 saturated heterocycles. The predicted molar refractivity (Wildman–Crippen MR) is 127 cm³/mol. The highest BCUT2D eigenvalue weighted by atomic mass is 19.1. The van der Waals surface area contributed by atoms with Gasteiger partial charge in [0.15, 0.2) is 0 Å². The first-order valence-electron chi connectivity index (χ1n) is 11.4. The molecule has 0 aromatic heterocycles. The van der Waals surface area contributed by atoms with E-state index in [1.807, 2.05) is 24.3 Å². The lowest BCUT2D eigenvalue weighted by Gasteiger charge is -2.26. The number of amides is 1. The Morgan fingerprint density at radius 1 is 0.971 bits per heavy atom. The van der Waals surface area contributed by atoms with Gasteiger partial charge in [-0.3, -0.25) is 9.69 Å². The van der Waals surface area contributed by atoms with Crippen LogP contribution >= 0.6 is 0 Å². The fourth-order valence-electron chi connectivity index (χ4n) is 3.85. The second kappa shape index (κ2) is 11.7. The van der Waals surface area contributed by atoms with Crippen molar-refractivity contribution >= 4 is 5.91 Å². The fourth-order valence-corrected chi connectivity index (χ4v) is 3.85. The summed E-state index contributed by atoms with van der Waals surface area (Å²) in [5, 5.41) is 2.73. The Kier molecular flexibility index (Phi) is 8.22. The van der Waals surface area contributed by atoms with E-state index in [2.05, 4.69) is 10.2 Å². The van der Waals surface area contributed by atoms with Gasteiger partial charge in [-0.15, -0.1) is 0 Å². The van der Waals surface area contributed by atoms with Gasteiger partial charge >= 0.3 is 0 Å². The number of hydrogen-bond acceptors (Lipinski definition) is 4. The number of nitrogens with one attached hydrogen (secondary N) is 1. The molecule has 178 valence electrons. The van der Waals surface area contributed by atoms with E-state index in [1.54, 1.807) is 24.3 Å². The predicted octanol–water partition coefficient (Wildman–Crippen LogP) is 4.32. The van der Waals surface area contributed by atoms with Crippen molar-refractivity contribution < 1.29 is 23.0 Å². The first-order chi connectivity index (χ1) is 16.6. The summed E-state index contributed by atoms with van der Waals surface area (Å²) in [6.45, 7) is 4.93. The van der Waals surface area contributed by atoms with Crippen LogP contribution in [0.3, 0.4) is 0 Å². The van der Waals surface area contributed by atoms with Crippen LogP contribution in [-0.2, 0) is 11.2 Å². The summed E-state index contributed by atoms with van der Waals surface area (Å²) in [5.41, 5.74) is 2.28. The quantitative estimate of drug-likeness (QED) is 0.511. The van der Waals surface area contributed by atoms with Gasteiger partial charge in [-0.1, -0.05) is 36.4 Å². The zero-order valence-corrected chi connectivity index (χ0v) is 18.9. The molecule has 0 unspecified atom stereocenters. The minimum Gasteiger partial charge on any atom is -0.492 e. The first-order valence-corrected chi connectivity index (χ1v) is 11.4. The van der Waals surface area contributed by atoms with Gasteiger partial charge in [0.05, 0.1) is 18.8 Å². The zero-order valence-electron chi connectivity index (χ0n) is 18.9. The van der Waals surface area contributed by atoms with Crippen LogP contribution in [0, 0.1) is 11.6 Å². The Balaban J connectivity index is 1.27. The van der Waals surface area contributed by atoms with E-state index in [0.29, 0.717) is 30.9 Å². The average molecular weight is 467 g/mol. The molecule has 3 aromatic carbocycles. The van der Waals surface area contributed by atoms with Gasteiger partial charge in [0.2, 0.25) is 0 Å². The van der Waals surface area contributed by atoms with Crippen molar-refractivity contribution in [2.24, 2.45) is 0 Å². The molecule has 5 nitrogen and oxygen atoms in total. The summed E-state index contributed by atoms with van der Waals surface area (Å²) in [6.07, 6.45) is 0.582. The maximum absolute atomic E-state index is 14.7. The van der Waals surface area contributed by atoms with E-state index in [0.717, 1.165) is 44.0 Å². The number of rotatable bonds is 9. The van der Waals surface area contributed by atoms with Crippen molar-refractivity contribution in [3.8, 4) is 16.9 Å². The maximum Gasteiger partial charge on any atom is 0.254 e. The molecule has 1 heterocycles. The van der Waals surface area contributed by atoms with Crippen LogP contribution < -0.4 is 10.1 Å². The molecule has 0 radical (unpaired) electrons. The lowest BCUT2D eigenvalue weighted by molar-refractivity contribution is 0.0322. The van der Waals surface area contributed by atoms with Gasteiger partial charge in [-0.05, 0) is 41.8 Å². The van der Waals surface area contributed by atoms with Crippen molar-refractivity contribution in [3.05, 3.63) is 89.5 Å². The minimum atomic E-state index is -0.542.